The molecule has 0 aliphatic carbocycles. The quantitative estimate of drug-likeness (QED) is 0.467. The van der Waals surface area contributed by atoms with Gasteiger partial charge in [0.15, 0.2) is 0 Å². The fourth-order valence-electron chi connectivity index (χ4n) is 2.73. The Kier molecular flexibility index (Phi) is 4.85. The summed E-state index contributed by atoms with van der Waals surface area (Å²) in [4.78, 5) is 11.6. The van der Waals surface area contributed by atoms with Crippen LogP contribution >= 0.6 is 0 Å². The number of aryl methyl sites for hydroxylation is 1. The van der Waals surface area contributed by atoms with Crippen LogP contribution in [0.3, 0.4) is 0 Å². The second-order valence-corrected chi connectivity index (χ2v) is 6.01. The van der Waals surface area contributed by atoms with E-state index in [1.807, 2.05) is 6.07 Å². The molecule has 1 unspecified atom stereocenters. The molecule has 132 valence electrons. The predicted octanol–water partition coefficient (Wildman–Crippen LogP) is 5.19. The van der Waals surface area contributed by atoms with Crippen LogP contribution in [0.2, 0.25) is 0 Å². The lowest BCUT2D eigenvalue weighted by Crippen LogP contribution is -2.13. The van der Waals surface area contributed by atoms with Crippen LogP contribution < -0.4 is 5.63 Å². The van der Waals surface area contributed by atoms with Crippen LogP contribution in [0, 0.1) is 18.8 Å². The fraction of sp³-hybridized carbons (Fsp3) is 0.190. The molecule has 1 heterocycles. The Morgan fingerprint density at radius 2 is 1.81 bits per heavy atom. The minimum absolute atomic E-state index is 0.265. The third-order valence-corrected chi connectivity index (χ3v) is 3.98. The van der Waals surface area contributed by atoms with E-state index in [4.69, 9.17) is 4.42 Å². The number of benzene rings is 2. The maximum Gasteiger partial charge on any atom is 0.390 e. The molecule has 5 heteroatoms. The number of fused-ring (bicyclic) bond motifs is 1. The van der Waals surface area contributed by atoms with Gasteiger partial charge in [0.05, 0.1) is 12.3 Å². The van der Waals surface area contributed by atoms with Crippen molar-refractivity contribution >= 4 is 11.0 Å². The topological polar surface area (TPSA) is 30.2 Å². The molecule has 0 saturated heterocycles. The first kappa shape index (κ1) is 17.8. The fourth-order valence-corrected chi connectivity index (χ4v) is 2.73. The lowest BCUT2D eigenvalue weighted by molar-refractivity contribution is -0.136. The van der Waals surface area contributed by atoms with Gasteiger partial charge in [-0.25, -0.2) is 4.79 Å². The van der Waals surface area contributed by atoms with Gasteiger partial charge in [-0.3, -0.25) is 0 Å². The monoisotopic (exact) mass is 356 g/mol. The zero-order valence-corrected chi connectivity index (χ0v) is 13.9. The van der Waals surface area contributed by atoms with Crippen molar-refractivity contribution in [1.82, 2.24) is 0 Å². The van der Waals surface area contributed by atoms with Crippen LogP contribution in [-0.2, 0) is 0 Å². The highest BCUT2D eigenvalue weighted by atomic mass is 19.4. The highest BCUT2D eigenvalue weighted by Crippen LogP contribution is 2.32. The lowest BCUT2D eigenvalue weighted by atomic mass is 9.94. The summed E-state index contributed by atoms with van der Waals surface area (Å²) < 4.78 is 44.2. The van der Waals surface area contributed by atoms with Crippen molar-refractivity contribution in [2.45, 2.75) is 25.4 Å². The van der Waals surface area contributed by atoms with Crippen molar-refractivity contribution in [2.75, 3.05) is 0 Å². The molecule has 3 aromatic rings. The molecule has 0 amide bonds. The molecule has 0 aliphatic rings. The molecule has 26 heavy (non-hydrogen) atoms. The van der Waals surface area contributed by atoms with Crippen molar-refractivity contribution in [2.24, 2.45) is 0 Å². The first-order chi connectivity index (χ1) is 12.3. The Labute approximate surface area is 148 Å². The van der Waals surface area contributed by atoms with Crippen molar-refractivity contribution in [3.05, 3.63) is 81.7 Å². The minimum atomic E-state index is -4.36. The van der Waals surface area contributed by atoms with Gasteiger partial charge in [-0.15, -0.1) is 0 Å². The van der Waals surface area contributed by atoms with Crippen molar-refractivity contribution in [1.29, 1.82) is 0 Å². The number of hydrogen-bond donors (Lipinski definition) is 0. The molecule has 0 saturated carbocycles. The number of rotatable bonds is 2. The molecule has 0 fully saturated rings. The van der Waals surface area contributed by atoms with E-state index >= 15 is 0 Å². The molecule has 1 aromatic heterocycles. The molecule has 2 aromatic carbocycles. The van der Waals surface area contributed by atoms with E-state index in [1.165, 1.54) is 12.1 Å². The van der Waals surface area contributed by atoms with E-state index in [2.05, 4.69) is 11.8 Å². The lowest BCUT2D eigenvalue weighted by Gasteiger charge is -2.14. The van der Waals surface area contributed by atoms with Crippen molar-refractivity contribution in [3.63, 3.8) is 0 Å². The molecular weight excluding hydrogens is 341 g/mol. The Morgan fingerprint density at radius 3 is 2.50 bits per heavy atom. The smallest absolute Gasteiger partial charge is 0.390 e. The molecule has 0 bridgehead atoms. The van der Waals surface area contributed by atoms with Crippen molar-refractivity contribution < 1.29 is 17.6 Å². The molecule has 2 nitrogen and oxygen atoms in total. The van der Waals surface area contributed by atoms with Gasteiger partial charge in [0, 0.05) is 17.0 Å². The van der Waals surface area contributed by atoms with Crippen LogP contribution in [0.15, 0.2) is 63.8 Å². The maximum atomic E-state index is 13.0. The van der Waals surface area contributed by atoms with Gasteiger partial charge in [-0.2, -0.15) is 13.2 Å². The maximum absolute atomic E-state index is 13.0. The van der Waals surface area contributed by atoms with Crippen molar-refractivity contribution in [3.8, 4) is 11.8 Å². The van der Waals surface area contributed by atoms with Crippen LogP contribution in [0.1, 0.15) is 29.0 Å². The first-order valence-electron chi connectivity index (χ1n) is 7.99. The van der Waals surface area contributed by atoms with E-state index in [9.17, 15) is 18.0 Å². The van der Waals surface area contributed by atoms with Gasteiger partial charge in [-0.1, -0.05) is 42.2 Å². The molecule has 1 atom stereocenters. The van der Waals surface area contributed by atoms with E-state index in [0.29, 0.717) is 22.1 Å². The summed E-state index contributed by atoms with van der Waals surface area (Å²) in [5, 5.41) is 0.690. The molecule has 0 N–H and O–H groups in total. The highest BCUT2D eigenvalue weighted by molar-refractivity contribution is 5.80. The SMILES string of the molecule is Cc1cc(=O)oc2cc(C(C#Cc3ccccc3)CC(F)(F)F)ccc12. The standard InChI is InChI=1S/C21H15F3O2/c1-14-11-20(25)26-19-12-16(9-10-18(14)19)17(13-21(22,23)24)8-7-15-5-3-2-4-6-15/h2-6,9-12,17H,13H2,1H3. The molecule has 0 aliphatic heterocycles. The van der Waals surface area contributed by atoms with E-state index < -0.39 is 24.1 Å². The van der Waals surface area contributed by atoms with Gasteiger partial charge in [0.25, 0.3) is 0 Å². The highest BCUT2D eigenvalue weighted by Gasteiger charge is 2.32. The van der Waals surface area contributed by atoms with Gasteiger partial charge in [0.2, 0.25) is 0 Å². The van der Waals surface area contributed by atoms with Gasteiger partial charge < -0.3 is 4.42 Å². The molecule has 0 spiro atoms. The summed E-state index contributed by atoms with van der Waals surface area (Å²) in [5.41, 5.74) is 1.46. The first-order valence-corrected chi connectivity index (χ1v) is 7.99. The summed E-state index contributed by atoms with van der Waals surface area (Å²) in [5.74, 6) is 4.46. The Balaban J connectivity index is 2.05. The average Bonchev–Trinajstić information content (AvgIpc) is 2.58. The van der Waals surface area contributed by atoms with Crippen LogP contribution in [0.5, 0.6) is 0 Å². The third kappa shape index (κ3) is 4.34. The number of hydrogen-bond acceptors (Lipinski definition) is 2. The van der Waals surface area contributed by atoms with Gasteiger partial charge in [0.1, 0.15) is 5.58 Å². The third-order valence-electron chi connectivity index (χ3n) is 3.98. The van der Waals surface area contributed by atoms with Gasteiger partial charge >= 0.3 is 11.8 Å². The predicted molar refractivity (Wildman–Crippen MR) is 94.0 cm³/mol. The van der Waals surface area contributed by atoms with E-state index in [-0.39, 0.29) is 5.58 Å². The zero-order chi connectivity index (χ0) is 18.7. The Hall–Kier alpha value is -3.00. The second-order valence-electron chi connectivity index (χ2n) is 6.01. The van der Waals surface area contributed by atoms with Crippen LogP contribution in [0.4, 0.5) is 13.2 Å². The molecule has 3 rings (SSSR count). The van der Waals surface area contributed by atoms with Crippen LogP contribution in [0.25, 0.3) is 11.0 Å². The average molecular weight is 356 g/mol. The van der Waals surface area contributed by atoms with E-state index in [0.717, 1.165) is 0 Å². The number of alkyl halides is 3. The zero-order valence-electron chi connectivity index (χ0n) is 13.9. The summed E-state index contributed by atoms with van der Waals surface area (Å²) in [6.45, 7) is 1.75. The summed E-state index contributed by atoms with van der Waals surface area (Å²) in [7, 11) is 0. The minimum Gasteiger partial charge on any atom is -0.423 e. The Bertz CT molecular complexity index is 1040. The largest absolute Gasteiger partial charge is 0.423 e. The summed E-state index contributed by atoms with van der Waals surface area (Å²) >= 11 is 0. The second kappa shape index (κ2) is 7.09. The van der Waals surface area contributed by atoms with Gasteiger partial charge in [-0.05, 0) is 36.2 Å². The normalized spacial score (nSPS) is 12.5. The number of halogens is 3. The van der Waals surface area contributed by atoms with E-state index in [1.54, 1.807) is 43.3 Å². The summed E-state index contributed by atoms with van der Waals surface area (Å²) in [6.07, 6.45) is -5.44. The van der Waals surface area contributed by atoms with Crippen LogP contribution in [-0.4, -0.2) is 6.18 Å². The molecule has 0 radical (unpaired) electrons. The summed E-state index contributed by atoms with van der Waals surface area (Å²) in [6, 6.07) is 14.9. The Morgan fingerprint density at radius 1 is 1.08 bits per heavy atom. The molecular formula is C21H15F3O2.